The van der Waals surface area contributed by atoms with Crippen molar-refractivity contribution < 1.29 is 8.42 Å². The van der Waals surface area contributed by atoms with Crippen molar-refractivity contribution in [2.45, 2.75) is 38.1 Å². The molecular formula is C11H23N3O2S. The molecule has 0 aliphatic carbocycles. The van der Waals surface area contributed by atoms with Gasteiger partial charge in [0.25, 0.3) is 10.2 Å². The Kier molecular flexibility index (Phi) is 4.41. The van der Waals surface area contributed by atoms with E-state index in [1.165, 1.54) is 0 Å². The molecule has 2 heterocycles. The minimum absolute atomic E-state index is 0.316. The van der Waals surface area contributed by atoms with E-state index in [0.29, 0.717) is 32.2 Å². The molecule has 100 valence electrons. The average molecular weight is 261 g/mol. The number of likely N-dealkylation sites (N-methyl/N-ethyl adjacent to an activating group) is 1. The first-order valence-electron chi connectivity index (χ1n) is 6.57. The molecule has 1 unspecified atom stereocenters. The highest BCUT2D eigenvalue weighted by Gasteiger charge is 2.34. The lowest BCUT2D eigenvalue weighted by Gasteiger charge is -2.26. The summed E-state index contributed by atoms with van der Waals surface area (Å²) in [5, 5.41) is 3.16. The summed E-state index contributed by atoms with van der Waals surface area (Å²) < 4.78 is 28.2. The third-order valence-corrected chi connectivity index (χ3v) is 5.78. The Balaban J connectivity index is 2.02. The van der Waals surface area contributed by atoms with E-state index in [2.05, 4.69) is 5.32 Å². The van der Waals surface area contributed by atoms with E-state index in [0.717, 1.165) is 32.1 Å². The van der Waals surface area contributed by atoms with Crippen LogP contribution in [0.1, 0.15) is 32.1 Å². The highest BCUT2D eigenvalue weighted by Crippen LogP contribution is 2.20. The second-order valence-corrected chi connectivity index (χ2v) is 6.88. The monoisotopic (exact) mass is 261 g/mol. The molecule has 6 heteroatoms. The fourth-order valence-corrected chi connectivity index (χ4v) is 4.36. The highest BCUT2D eigenvalue weighted by atomic mass is 32.2. The van der Waals surface area contributed by atoms with Crippen LogP contribution in [0.4, 0.5) is 0 Å². The van der Waals surface area contributed by atoms with Crippen molar-refractivity contribution >= 4 is 10.2 Å². The zero-order chi connectivity index (χ0) is 12.3. The lowest BCUT2D eigenvalue weighted by atomic mass is 10.2. The number of nitrogens with zero attached hydrogens (tertiary/aromatic N) is 2. The molecule has 2 aliphatic rings. The molecule has 17 heavy (non-hydrogen) atoms. The zero-order valence-corrected chi connectivity index (χ0v) is 11.4. The Morgan fingerprint density at radius 2 is 1.65 bits per heavy atom. The van der Waals surface area contributed by atoms with Crippen LogP contribution in [0.2, 0.25) is 0 Å². The van der Waals surface area contributed by atoms with Crippen molar-refractivity contribution in [1.29, 1.82) is 0 Å². The number of hydrogen-bond acceptors (Lipinski definition) is 3. The Bertz CT molecular complexity index is 337. The second kappa shape index (κ2) is 5.65. The SMILES string of the molecule is CNC1CCN(S(=O)(=O)N2CCCCCC2)C1. The molecular weight excluding hydrogens is 238 g/mol. The Morgan fingerprint density at radius 1 is 1.00 bits per heavy atom. The number of rotatable bonds is 3. The number of hydrogen-bond donors (Lipinski definition) is 1. The average Bonchev–Trinajstić information content (AvgIpc) is 2.64. The molecule has 5 nitrogen and oxygen atoms in total. The largest absolute Gasteiger partial charge is 0.316 e. The molecule has 0 saturated carbocycles. The third kappa shape index (κ3) is 2.99. The van der Waals surface area contributed by atoms with Gasteiger partial charge < -0.3 is 5.32 Å². The Morgan fingerprint density at radius 3 is 2.18 bits per heavy atom. The van der Waals surface area contributed by atoms with Gasteiger partial charge in [-0.1, -0.05) is 12.8 Å². The Labute approximate surface area is 104 Å². The second-order valence-electron chi connectivity index (χ2n) is 4.95. The molecule has 2 saturated heterocycles. The van der Waals surface area contributed by atoms with Crippen LogP contribution < -0.4 is 5.32 Å². The van der Waals surface area contributed by atoms with Crippen LogP contribution in [0.3, 0.4) is 0 Å². The van der Waals surface area contributed by atoms with Crippen molar-refractivity contribution in [1.82, 2.24) is 13.9 Å². The van der Waals surface area contributed by atoms with Gasteiger partial charge in [0.05, 0.1) is 0 Å². The van der Waals surface area contributed by atoms with E-state index < -0.39 is 10.2 Å². The third-order valence-electron chi connectivity index (χ3n) is 3.78. The van der Waals surface area contributed by atoms with E-state index in [1.807, 2.05) is 7.05 Å². The van der Waals surface area contributed by atoms with Crippen LogP contribution in [0.25, 0.3) is 0 Å². The fraction of sp³-hybridized carbons (Fsp3) is 1.00. The van der Waals surface area contributed by atoms with Crippen LogP contribution in [-0.4, -0.2) is 56.3 Å². The first-order valence-corrected chi connectivity index (χ1v) is 7.97. The van der Waals surface area contributed by atoms with E-state index in [-0.39, 0.29) is 0 Å². The van der Waals surface area contributed by atoms with Gasteiger partial charge >= 0.3 is 0 Å². The van der Waals surface area contributed by atoms with Crippen molar-refractivity contribution in [3.05, 3.63) is 0 Å². The van der Waals surface area contributed by atoms with E-state index in [9.17, 15) is 8.42 Å². The molecule has 0 aromatic carbocycles. The normalized spacial score (nSPS) is 29.4. The molecule has 0 spiro atoms. The molecule has 2 rings (SSSR count). The van der Waals surface area contributed by atoms with Crippen LogP contribution in [0, 0.1) is 0 Å². The summed E-state index contributed by atoms with van der Waals surface area (Å²) in [5.74, 6) is 0. The quantitative estimate of drug-likeness (QED) is 0.800. The molecule has 1 atom stereocenters. The van der Waals surface area contributed by atoms with Gasteiger partial charge in [-0.15, -0.1) is 0 Å². The summed E-state index contributed by atoms with van der Waals surface area (Å²) in [4.78, 5) is 0. The van der Waals surface area contributed by atoms with Crippen LogP contribution in [0.15, 0.2) is 0 Å². The van der Waals surface area contributed by atoms with Crippen molar-refractivity contribution in [2.75, 3.05) is 33.2 Å². The molecule has 0 aromatic rings. The van der Waals surface area contributed by atoms with E-state index in [1.54, 1.807) is 8.61 Å². The topological polar surface area (TPSA) is 52.7 Å². The van der Waals surface area contributed by atoms with Gasteiger partial charge in [0.15, 0.2) is 0 Å². The van der Waals surface area contributed by atoms with Gasteiger partial charge in [0.1, 0.15) is 0 Å². The van der Waals surface area contributed by atoms with E-state index in [4.69, 9.17) is 0 Å². The number of nitrogens with one attached hydrogen (secondary N) is 1. The van der Waals surface area contributed by atoms with Gasteiger partial charge in [-0.2, -0.15) is 17.0 Å². The lowest BCUT2D eigenvalue weighted by molar-refractivity contribution is 0.364. The molecule has 2 aliphatic heterocycles. The van der Waals surface area contributed by atoms with Gasteiger partial charge in [0.2, 0.25) is 0 Å². The van der Waals surface area contributed by atoms with Crippen LogP contribution in [-0.2, 0) is 10.2 Å². The van der Waals surface area contributed by atoms with Gasteiger partial charge in [-0.3, -0.25) is 0 Å². The van der Waals surface area contributed by atoms with Gasteiger partial charge in [-0.25, -0.2) is 0 Å². The van der Waals surface area contributed by atoms with Gasteiger partial charge in [-0.05, 0) is 26.3 Å². The van der Waals surface area contributed by atoms with Crippen molar-refractivity contribution in [2.24, 2.45) is 0 Å². The molecule has 1 N–H and O–H groups in total. The van der Waals surface area contributed by atoms with Gasteiger partial charge in [0, 0.05) is 32.2 Å². The predicted octanol–water partition coefficient (Wildman–Crippen LogP) is 0.401. The summed E-state index contributed by atoms with van der Waals surface area (Å²) >= 11 is 0. The molecule has 0 aromatic heterocycles. The van der Waals surface area contributed by atoms with Crippen molar-refractivity contribution in [3.8, 4) is 0 Å². The smallest absolute Gasteiger partial charge is 0.282 e. The summed E-state index contributed by atoms with van der Waals surface area (Å²) in [6, 6.07) is 0.316. The zero-order valence-electron chi connectivity index (χ0n) is 10.6. The molecule has 0 radical (unpaired) electrons. The summed E-state index contributed by atoms with van der Waals surface area (Å²) in [6.07, 6.45) is 5.24. The maximum atomic E-state index is 12.4. The standard InChI is InChI=1S/C11H23N3O2S/c1-12-11-6-9-14(10-11)17(15,16)13-7-4-2-3-5-8-13/h11-12H,2-10H2,1H3. The summed E-state index contributed by atoms with van der Waals surface area (Å²) in [5.41, 5.74) is 0. The summed E-state index contributed by atoms with van der Waals surface area (Å²) in [6.45, 7) is 2.67. The lowest BCUT2D eigenvalue weighted by Crippen LogP contribution is -2.44. The minimum atomic E-state index is -3.20. The molecule has 2 fully saturated rings. The predicted molar refractivity (Wildman–Crippen MR) is 68.0 cm³/mol. The van der Waals surface area contributed by atoms with Crippen molar-refractivity contribution in [3.63, 3.8) is 0 Å². The maximum absolute atomic E-state index is 12.4. The fourth-order valence-electron chi connectivity index (χ4n) is 2.61. The first-order chi connectivity index (χ1) is 8.14. The minimum Gasteiger partial charge on any atom is -0.316 e. The highest BCUT2D eigenvalue weighted by molar-refractivity contribution is 7.86. The summed E-state index contributed by atoms with van der Waals surface area (Å²) in [7, 11) is -1.31. The van der Waals surface area contributed by atoms with Crippen LogP contribution >= 0.6 is 0 Å². The molecule has 0 amide bonds. The van der Waals surface area contributed by atoms with Crippen LogP contribution in [0.5, 0.6) is 0 Å². The first kappa shape index (κ1) is 13.3. The maximum Gasteiger partial charge on any atom is 0.282 e. The Hall–Kier alpha value is -0.170. The molecule has 0 bridgehead atoms. The van der Waals surface area contributed by atoms with E-state index >= 15 is 0 Å².